The van der Waals surface area contributed by atoms with Gasteiger partial charge in [-0.25, -0.2) is 0 Å². The van der Waals surface area contributed by atoms with Gasteiger partial charge in [0.25, 0.3) is 5.69 Å². The van der Waals surface area contributed by atoms with Crippen LogP contribution >= 0.6 is 0 Å². The molecule has 1 aromatic heterocycles. The number of hydrogen-bond acceptors (Lipinski definition) is 3. The van der Waals surface area contributed by atoms with Crippen molar-refractivity contribution in [3.63, 3.8) is 0 Å². The number of aromatic nitrogens is 1. The molecular formula is C16H9F3N2O3. The van der Waals surface area contributed by atoms with Crippen LogP contribution in [-0.2, 0) is 6.18 Å². The Labute approximate surface area is 132 Å². The number of nitro groups is 1. The number of rotatable bonds is 2. The molecule has 3 rings (SSSR count). The lowest BCUT2D eigenvalue weighted by Gasteiger charge is -2.10. The molecule has 0 fully saturated rings. The van der Waals surface area contributed by atoms with E-state index < -0.39 is 22.2 Å². The fourth-order valence-electron chi connectivity index (χ4n) is 2.52. The van der Waals surface area contributed by atoms with Gasteiger partial charge < -0.3 is 4.98 Å². The smallest absolute Gasteiger partial charge is 0.316 e. The highest BCUT2D eigenvalue weighted by molar-refractivity contribution is 5.98. The monoisotopic (exact) mass is 334 g/mol. The Balaban J connectivity index is 2.34. The molecule has 1 N–H and O–H groups in total. The van der Waals surface area contributed by atoms with E-state index >= 15 is 0 Å². The third-order valence-corrected chi connectivity index (χ3v) is 3.55. The normalized spacial score (nSPS) is 11.6. The van der Waals surface area contributed by atoms with Crippen LogP contribution in [-0.4, -0.2) is 9.91 Å². The van der Waals surface area contributed by atoms with Crippen molar-refractivity contribution in [3.05, 3.63) is 74.6 Å². The maximum absolute atomic E-state index is 12.9. The fraction of sp³-hybridized carbons (Fsp3) is 0.0625. The Morgan fingerprint density at radius 3 is 2.42 bits per heavy atom. The molecule has 0 saturated heterocycles. The van der Waals surface area contributed by atoms with Crippen LogP contribution in [0.1, 0.15) is 5.56 Å². The molecule has 0 radical (unpaired) electrons. The first kappa shape index (κ1) is 15.7. The van der Waals surface area contributed by atoms with Crippen LogP contribution in [0.15, 0.2) is 53.3 Å². The van der Waals surface area contributed by atoms with Gasteiger partial charge in [0.15, 0.2) is 0 Å². The first-order chi connectivity index (χ1) is 11.3. The van der Waals surface area contributed by atoms with E-state index in [2.05, 4.69) is 4.98 Å². The number of nitrogens with one attached hydrogen (secondary N) is 1. The van der Waals surface area contributed by atoms with Gasteiger partial charge >= 0.3 is 6.18 Å². The Kier molecular flexibility index (Phi) is 3.59. The number of para-hydroxylation sites is 1. The molecule has 0 aliphatic rings. The number of non-ortho nitro benzene ring substituents is 1. The Hall–Kier alpha value is -3.16. The van der Waals surface area contributed by atoms with Crippen molar-refractivity contribution in [1.29, 1.82) is 0 Å². The van der Waals surface area contributed by atoms with Gasteiger partial charge in [-0.05, 0) is 23.3 Å². The van der Waals surface area contributed by atoms with Gasteiger partial charge in [-0.1, -0.05) is 24.3 Å². The number of alkyl halides is 3. The minimum Gasteiger partial charge on any atom is -0.316 e. The van der Waals surface area contributed by atoms with Crippen LogP contribution in [0.25, 0.3) is 22.0 Å². The summed E-state index contributed by atoms with van der Waals surface area (Å²) < 4.78 is 38.7. The van der Waals surface area contributed by atoms with Gasteiger partial charge in [-0.2, -0.15) is 13.2 Å². The summed E-state index contributed by atoms with van der Waals surface area (Å²) >= 11 is 0. The van der Waals surface area contributed by atoms with Gasteiger partial charge in [-0.3, -0.25) is 14.9 Å². The van der Waals surface area contributed by atoms with Crippen molar-refractivity contribution < 1.29 is 18.1 Å². The summed E-state index contributed by atoms with van der Waals surface area (Å²) in [5.41, 5.74) is -1.49. The topological polar surface area (TPSA) is 76.0 Å². The average molecular weight is 334 g/mol. The number of nitrogens with zero attached hydrogens (tertiary/aromatic N) is 1. The second-order valence-corrected chi connectivity index (χ2v) is 5.08. The van der Waals surface area contributed by atoms with Crippen molar-refractivity contribution in [2.75, 3.05) is 0 Å². The molecule has 122 valence electrons. The van der Waals surface area contributed by atoms with Gasteiger partial charge in [0.2, 0.25) is 5.56 Å². The highest BCUT2D eigenvalue weighted by atomic mass is 19.4. The van der Waals surface area contributed by atoms with Crippen LogP contribution in [0, 0.1) is 10.1 Å². The first-order valence-electron chi connectivity index (χ1n) is 6.75. The number of pyridine rings is 1. The maximum Gasteiger partial charge on any atom is 0.416 e. The van der Waals surface area contributed by atoms with E-state index in [0.29, 0.717) is 5.39 Å². The molecule has 0 amide bonds. The molecule has 1 heterocycles. The summed E-state index contributed by atoms with van der Waals surface area (Å²) in [7, 11) is 0. The third-order valence-electron chi connectivity index (χ3n) is 3.55. The second kappa shape index (κ2) is 5.48. The Morgan fingerprint density at radius 1 is 1.04 bits per heavy atom. The molecular weight excluding hydrogens is 325 g/mol. The predicted molar refractivity (Wildman–Crippen MR) is 81.7 cm³/mol. The van der Waals surface area contributed by atoms with Crippen molar-refractivity contribution in [1.82, 2.24) is 4.98 Å². The lowest BCUT2D eigenvalue weighted by Crippen LogP contribution is -2.07. The molecule has 0 atom stereocenters. The first-order valence-corrected chi connectivity index (χ1v) is 6.75. The van der Waals surface area contributed by atoms with E-state index in [1.54, 1.807) is 0 Å². The van der Waals surface area contributed by atoms with E-state index in [0.717, 1.165) is 18.2 Å². The summed E-state index contributed by atoms with van der Waals surface area (Å²) in [4.78, 5) is 24.6. The molecule has 0 aliphatic heterocycles. The van der Waals surface area contributed by atoms with Crippen molar-refractivity contribution in [2.24, 2.45) is 0 Å². The number of H-pyrrole nitrogens is 1. The van der Waals surface area contributed by atoms with Crippen molar-refractivity contribution in [2.45, 2.75) is 6.18 Å². The van der Waals surface area contributed by atoms with Gasteiger partial charge in [0.1, 0.15) is 5.52 Å². The maximum atomic E-state index is 12.9. The van der Waals surface area contributed by atoms with Crippen molar-refractivity contribution >= 4 is 16.6 Å². The summed E-state index contributed by atoms with van der Waals surface area (Å²) in [6.45, 7) is 0. The number of halogens is 3. The zero-order valence-electron chi connectivity index (χ0n) is 11.9. The van der Waals surface area contributed by atoms with Crippen molar-refractivity contribution in [3.8, 4) is 11.1 Å². The molecule has 0 bridgehead atoms. The summed E-state index contributed by atoms with van der Waals surface area (Å²) in [5.74, 6) is 0. The predicted octanol–water partition coefficient (Wildman–Crippen LogP) is 4.12. The zero-order valence-corrected chi connectivity index (χ0v) is 11.9. The molecule has 5 nitrogen and oxygen atoms in total. The number of hydrogen-bond donors (Lipinski definition) is 1. The number of aromatic amines is 1. The third kappa shape index (κ3) is 2.73. The number of fused-ring (bicyclic) bond motifs is 1. The second-order valence-electron chi connectivity index (χ2n) is 5.08. The quantitative estimate of drug-likeness (QED) is 0.566. The molecule has 3 aromatic rings. The van der Waals surface area contributed by atoms with E-state index in [-0.39, 0.29) is 22.3 Å². The Bertz CT molecular complexity index is 1010. The molecule has 0 unspecified atom stereocenters. The van der Waals surface area contributed by atoms with Gasteiger partial charge in [0.05, 0.1) is 10.5 Å². The van der Waals surface area contributed by atoms with Gasteiger partial charge in [-0.15, -0.1) is 0 Å². The minimum absolute atomic E-state index is 0.0255. The number of nitro benzene ring substituents is 1. The average Bonchev–Trinajstić information content (AvgIpc) is 2.52. The highest BCUT2D eigenvalue weighted by Gasteiger charge is 2.30. The SMILES string of the molecule is O=c1cc(-c2cccc(C(F)(F)F)c2)c2cccc([N+](=O)[O-])c2[nH]1. The van der Waals surface area contributed by atoms with Crippen LogP contribution in [0.5, 0.6) is 0 Å². The summed E-state index contributed by atoms with van der Waals surface area (Å²) in [5, 5.41) is 11.4. The largest absolute Gasteiger partial charge is 0.416 e. The molecule has 2 aromatic carbocycles. The lowest BCUT2D eigenvalue weighted by molar-refractivity contribution is -0.383. The van der Waals surface area contributed by atoms with E-state index in [4.69, 9.17) is 0 Å². The van der Waals surface area contributed by atoms with Crippen LogP contribution in [0.2, 0.25) is 0 Å². The van der Waals surface area contributed by atoms with Crippen LogP contribution < -0.4 is 5.56 Å². The minimum atomic E-state index is -4.53. The molecule has 0 spiro atoms. The molecule has 24 heavy (non-hydrogen) atoms. The molecule has 0 aliphatic carbocycles. The van der Waals surface area contributed by atoms with Gasteiger partial charge in [0, 0.05) is 17.5 Å². The van der Waals surface area contributed by atoms with Crippen LogP contribution in [0.4, 0.5) is 18.9 Å². The Morgan fingerprint density at radius 2 is 1.75 bits per heavy atom. The fourth-order valence-corrected chi connectivity index (χ4v) is 2.52. The van der Waals surface area contributed by atoms with E-state index in [1.165, 1.54) is 30.3 Å². The van der Waals surface area contributed by atoms with E-state index in [9.17, 15) is 28.1 Å². The van der Waals surface area contributed by atoms with E-state index in [1.807, 2.05) is 0 Å². The molecule has 0 saturated carbocycles. The number of benzene rings is 2. The highest BCUT2D eigenvalue weighted by Crippen LogP contribution is 2.35. The standard InChI is InChI=1S/C16H9F3N2O3/c17-16(18,19)10-4-1-3-9(7-10)12-8-14(22)20-15-11(12)5-2-6-13(15)21(23)24/h1-8H,(H,20,22). The molecule has 8 heteroatoms. The summed E-state index contributed by atoms with van der Waals surface area (Å²) in [6.07, 6.45) is -4.53. The zero-order chi connectivity index (χ0) is 17.5. The summed E-state index contributed by atoms with van der Waals surface area (Å²) in [6, 6.07) is 9.73. The lowest BCUT2D eigenvalue weighted by atomic mass is 9.99. The van der Waals surface area contributed by atoms with Crippen LogP contribution in [0.3, 0.4) is 0 Å².